The molecule has 98 valence electrons. The van der Waals surface area contributed by atoms with Gasteiger partial charge in [0, 0.05) is 18.2 Å². The van der Waals surface area contributed by atoms with E-state index in [4.69, 9.17) is 5.11 Å². The fourth-order valence-electron chi connectivity index (χ4n) is 3.04. The molecule has 2 heterocycles. The molecule has 0 spiro atoms. The molecule has 0 bridgehead atoms. The summed E-state index contributed by atoms with van der Waals surface area (Å²) < 4.78 is 0. The molecule has 0 saturated carbocycles. The van der Waals surface area contributed by atoms with Gasteiger partial charge in [-0.25, -0.2) is 0 Å². The van der Waals surface area contributed by atoms with Crippen LogP contribution in [0.3, 0.4) is 0 Å². The summed E-state index contributed by atoms with van der Waals surface area (Å²) >= 11 is 0. The van der Waals surface area contributed by atoms with Crippen molar-refractivity contribution in [1.29, 1.82) is 0 Å². The monoisotopic (exact) mass is 257 g/mol. The second-order valence-corrected chi connectivity index (χ2v) is 5.01. The quantitative estimate of drug-likeness (QED) is 0.841. The summed E-state index contributed by atoms with van der Waals surface area (Å²) in [5, 5.41) is 9.17. The van der Waals surface area contributed by atoms with Gasteiger partial charge < -0.3 is 10.0 Å². The molecule has 0 radical (unpaired) electrons. The minimum absolute atomic E-state index is 0.00543. The van der Waals surface area contributed by atoms with E-state index in [1.54, 1.807) is 12.1 Å². The van der Waals surface area contributed by atoms with E-state index < -0.39 is 5.97 Å². The van der Waals surface area contributed by atoms with Crippen molar-refractivity contribution in [2.24, 2.45) is 5.92 Å². The van der Waals surface area contributed by atoms with Crippen molar-refractivity contribution in [2.75, 3.05) is 6.54 Å². The lowest BCUT2D eigenvalue weighted by atomic mass is 9.99. The van der Waals surface area contributed by atoms with E-state index in [0.717, 1.165) is 0 Å². The highest BCUT2D eigenvalue weighted by molar-refractivity contribution is 6.08. The SMILES string of the molecule is O=C(C1=CCC2C(C(=O)O)CCN12)c1ccccc1. The highest BCUT2D eigenvalue weighted by Crippen LogP contribution is 2.36. The molecule has 4 heteroatoms. The molecular formula is C15H15NO3. The molecule has 2 atom stereocenters. The Kier molecular flexibility index (Phi) is 2.85. The molecule has 2 aliphatic rings. The van der Waals surface area contributed by atoms with Gasteiger partial charge in [-0.1, -0.05) is 36.4 Å². The van der Waals surface area contributed by atoms with Gasteiger partial charge in [-0.3, -0.25) is 9.59 Å². The van der Waals surface area contributed by atoms with Crippen molar-refractivity contribution in [3.8, 4) is 0 Å². The number of carbonyl (C=O) groups is 2. The predicted octanol–water partition coefficient (Wildman–Crippen LogP) is 1.93. The summed E-state index contributed by atoms with van der Waals surface area (Å²) in [6.45, 7) is 0.659. The molecule has 2 unspecified atom stereocenters. The van der Waals surface area contributed by atoms with Crippen LogP contribution in [-0.4, -0.2) is 34.3 Å². The van der Waals surface area contributed by atoms with E-state index >= 15 is 0 Å². The first-order chi connectivity index (χ1) is 9.18. The van der Waals surface area contributed by atoms with Crippen molar-refractivity contribution >= 4 is 11.8 Å². The van der Waals surface area contributed by atoms with Crippen LogP contribution in [0.4, 0.5) is 0 Å². The molecule has 1 saturated heterocycles. The third-order valence-electron chi connectivity index (χ3n) is 3.99. The highest BCUT2D eigenvalue weighted by Gasteiger charge is 2.43. The Morgan fingerprint density at radius 2 is 1.95 bits per heavy atom. The van der Waals surface area contributed by atoms with Crippen molar-refractivity contribution in [1.82, 2.24) is 4.90 Å². The Balaban J connectivity index is 1.82. The molecule has 0 aromatic heterocycles. The summed E-state index contributed by atoms with van der Waals surface area (Å²) in [6, 6.07) is 9.09. The predicted molar refractivity (Wildman–Crippen MR) is 69.7 cm³/mol. The van der Waals surface area contributed by atoms with E-state index in [-0.39, 0.29) is 17.7 Å². The second kappa shape index (κ2) is 4.53. The summed E-state index contributed by atoms with van der Waals surface area (Å²) in [7, 11) is 0. The fraction of sp³-hybridized carbons (Fsp3) is 0.333. The molecule has 2 aliphatic heterocycles. The topological polar surface area (TPSA) is 57.6 Å². The number of carbonyl (C=O) groups excluding carboxylic acids is 1. The number of hydrogen-bond acceptors (Lipinski definition) is 3. The van der Waals surface area contributed by atoms with Gasteiger partial charge in [0.25, 0.3) is 0 Å². The third-order valence-corrected chi connectivity index (χ3v) is 3.99. The number of rotatable bonds is 3. The van der Waals surface area contributed by atoms with E-state index in [9.17, 15) is 9.59 Å². The maximum absolute atomic E-state index is 12.4. The number of ketones is 1. The minimum atomic E-state index is -0.755. The maximum Gasteiger partial charge on any atom is 0.308 e. The molecule has 19 heavy (non-hydrogen) atoms. The lowest BCUT2D eigenvalue weighted by molar-refractivity contribution is -0.142. The first-order valence-electron chi connectivity index (χ1n) is 6.48. The smallest absolute Gasteiger partial charge is 0.308 e. The van der Waals surface area contributed by atoms with Gasteiger partial charge in [-0.15, -0.1) is 0 Å². The minimum Gasteiger partial charge on any atom is -0.481 e. The number of benzene rings is 1. The lowest BCUT2D eigenvalue weighted by Crippen LogP contribution is -2.32. The van der Waals surface area contributed by atoms with Crippen LogP contribution in [-0.2, 0) is 4.79 Å². The molecule has 0 aliphatic carbocycles. The van der Waals surface area contributed by atoms with Crippen molar-refractivity contribution < 1.29 is 14.7 Å². The van der Waals surface area contributed by atoms with Gasteiger partial charge in [0.15, 0.2) is 0 Å². The molecular weight excluding hydrogens is 242 g/mol. The summed E-state index contributed by atoms with van der Waals surface area (Å²) in [6.07, 6.45) is 3.17. The Morgan fingerprint density at radius 1 is 1.21 bits per heavy atom. The average Bonchev–Trinajstić information content (AvgIpc) is 2.99. The van der Waals surface area contributed by atoms with E-state index in [1.807, 2.05) is 29.2 Å². The maximum atomic E-state index is 12.4. The largest absolute Gasteiger partial charge is 0.481 e. The molecule has 0 amide bonds. The highest BCUT2D eigenvalue weighted by atomic mass is 16.4. The van der Waals surface area contributed by atoms with E-state index in [1.165, 1.54) is 0 Å². The van der Waals surface area contributed by atoms with Crippen LogP contribution in [0.1, 0.15) is 23.2 Å². The molecule has 4 nitrogen and oxygen atoms in total. The van der Waals surface area contributed by atoms with E-state index in [0.29, 0.717) is 30.6 Å². The van der Waals surface area contributed by atoms with Crippen LogP contribution in [0.15, 0.2) is 42.1 Å². The molecule has 3 rings (SSSR count). The lowest BCUT2D eigenvalue weighted by Gasteiger charge is -2.23. The van der Waals surface area contributed by atoms with Crippen LogP contribution in [0.25, 0.3) is 0 Å². The van der Waals surface area contributed by atoms with Crippen molar-refractivity contribution in [3.63, 3.8) is 0 Å². The Labute approximate surface area is 111 Å². The summed E-state index contributed by atoms with van der Waals surface area (Å²) in [5.74, 6) is -1.11. The van der Waals surface area contributed by atoms with Crippen LogP contribution < -0.4 is 0 Å². The second-order valence-electron chi connectivity index (χ2n) is 5.01. The number of carboxylic acids is 1. The van der Waals surface area contributed by atoms with Gasteiger partial charge in [0.2, 0.25) is 5.78 Å². The first kappa shape index (κ1) is 12.0. The summed E-state index contributed by atoms with van der Waals surface area (Å²) in [4.78, 5) is 25.5. The van der Waals surface area contributed by atoms with E-state index in [2.05, 4.69) is 0 Å². The first-order valence-corrected chi connectivity index (χ1v) is 6.48. The zero-order chi connectivity index (χ0) is 13.4. The molecule has 1 fully saturated rings. The van der Waals surface area contributed by atoms with Crippen molar-refractivity contribution in [2.45, 2.75) is 18.9 Å². The standard InChI is InChI=1S/C15H15NO3/c17-14(10-4-2-1-3-5-10)13-7-6-12-11(15(18)19)8-9-16(12)13/h1-5,7,11-12H,6,8-9H2,(H,18,19). The number of hydrogen-bond donors (Lipinski definition) is 1. The van der Waals surface area contributed by atoms with Gasteiger partial charge in [-0.2, -0.15) is 0 Å². The van der Waals surface area contributed by atoms with Crippen LogP contribution in [0.5, 0.6) is 0 Å². The fourth-order valence-corrected chi connectivity index (χ4v) is 3.04. The number of fused-ring (bicyclic) bond motifs is 1. The van der Waals surface area contributed by atoms with Crippen molar-refractivity contribution in [3.05, 3.63) is 47.7 Å². The van der Waals surface area contributed by atoms with Gasteiger partial charge in [-0.05, 0) is 12.8 Å². The number of allylic oxidation sites excluding steroid dienone is 1. The van der Waals surface area contributed by atoms with Crippen LogP contribution >= 0.6 is 0 Å². The molecule has 1 N–H and O–H groups in total. The number of nitrogens with zero attached hydrogens (tertiary/aromatic N) is 1. The summed E-state index contributed by atoms with van der Waals surface area (Å²) in [5.41, 5.74) is 1.33. The van der Waals surface area contributed by atoms with Crippen LogP contribution in [0, 0.1) is 5.92 Å². The zero-order valence-corrected chi connectivity index (χ0v) is 10.5. The number of carboxylic acid groups (broad SMARTS) is 1. The Bertz CT molecular complexity index is 550. The van der Waals surface area contributed by atoms with Gasteiger partial charge in [0.05, 0.1) is 11.6 Å². The Morgan fingerprint density at radius 3 is 2.63 bits per heavy atom. The van der Waals surface area contributed by atoms with Gasteiger partial charge in [0.1, 0.15) is 0 Å². The average molecular weight is 257 g/mol. The number of Topliss-reactive ketones (excluding diaryl/α,β-unsaturated/α-hetero) is 1. The molecule has 1 aromatic carbocycles. The van der Waals surface area contributed by atoms with Gasteiger partial charge >= 0.3 is 5.97 Å². The normalized spacial score (nSPS) is 25.1. The zero-order valence-electron chi connectivity index (χ0n) is 10.5. The third kappa shape index (κ3) is 1.93. The molecule has 1 aromatic rings. The number of aliphatic carboxylic acids is 1. The van der Waals surface area contributed by atoms with Crippen LogP contribution in [0.2, 0.25) is 0 Å². The Hall–Kier alpha value is -2.10.